The molecule has 2 aromatic rings. The summed E-state index contributed by atoms with van der Waals surface area (Å²) in [6.45, 7) is 8.49. The molecule has 0 aliphatic heterocycles. The minimum atomic E-state index is 0.233. The Morgan fingerprint density at radius 2 is 2.07 bits per heavy atom. The summed E-state index contributed by atoms with van der Waals surface area (Å²) in [6.07, 6.45) is 0.969. The van der Waals surface area contributed by atoms with Crippen molar-refractivity contribution in [3.05, 3.63) is 35.6 Å². The monoisotopic (exact) mass is 203 g/mol. The molecule has 0 fully saturated rings. The van der Waals surface area contributed by atoms with Crippen LogP contribution in [-0.4, -0.2) is 0 Å². The van der Waals surface area contributed by atoms with Gasteiger partial charge in [0.05, 0.1) is 1.37 Å². The van der Waals surface area contributed by atoms with Gasteiger partial charge in [-0.25, -0.2) is 0 Å². The van der Waals surface area contributed by atoms with Gasteiger partial charge >= 0.3 is 0 Å². The molecule has 1 aromatic carbocycles. The number of fused-ring (bicyclic) bond motifs is 1. The van der Waals surface area contributed by atoms with Crippen molar-refractivity contribution in [3.63, 3.8) is 0 Å². The molecule has 0 aliphatic carbocycles. The molecule has 0 spiro atoms. The van der Waals surface area contributed by atoms with Crippen molar-refractivity contribution in [1.82, 2.24) is 0 Å². The maximum Gasteiger partial charge on any atom is 0.137 e. The van der Waals surface area contributed by atoms with E-state index in [4.69, 9.17) is 5.79 Å². The fraction of sp³-hybridized carbons (Fsp3) is 0.429. The minimum absolute atomic E-state index is 0.233. The average molecular weight is 203 g/mol. The Balaban J connectivity index is 2.58. The molecule has 0 bridgehead atoms. The van der Waals surface area contributed by atoms with Crippen LogP contribution in [0.3, 0.4) is 0 Å². The zero-order chi connectivity index (χ0) is 11.9. The first-order chi connectivity index (χ1) is 7.38. The number of hydrogen-bond acceptors (Lipinski definition) is 1. The first-order valence-electron chi connectivity index (χ1n) is 5.86. The lowest BCUT2D eigenvalue weighted by Crippen LogP contribution is -2.09. The molecule has 1 nitrogen and oxygen atoms in total. The SMILES string of the molecule is [2H]c1c(C)oc2c(CC(C)(C)C)cccc12. The summed E-state index contributed by atoms with van der Waals surface area (Å²) >= 11 is 0. The summed E-state index contributed by atoms with van der Waals surface area (Å²) in [5, 5.41) is 0.930. The summed E-state index contributed by atoms with van der Waals surface area (Å²) in [5.41, 5.74) is 2.32. The first-order valence-corrected chi connectivity index (χ1v) is 5.36. The third-order valence-corrected chi connectivity index (χ3v) is 2.38. The highest BCUT2D eigenvalue weighted by Gasteiger charge is 2.14. The van der Waals surface area contributed by atoms with Crippen LogP contribution in [0.4, 0.5) is 0 Å². The minimum Gasteiger partial charge on any atom is -0.461 e. The first kappa shape index (κ1) is 9.02. The van der Waals surface area contributed by atoms with Crippen LogP contribution in [0.2, 0.25) is 0 Å². The molecule has 1 aromatic heterocycles. The van der Waals surface area contributed by atoms with Crippen LogP contribution >= 0.6 is 0 Å². The molecule has 15 heavy (non-hydrogen) atoms. The Kier molecular flexibility index (Phi) is 2.05. The van der Waals surface area contributed by atoms with Crippen LogP contribution in [0.15, 0.2) is 28.7 Å². The molecular formula is C14H18O. The highest BCUT2D eigenvalue weighted by Crippen LogP contribution is 2.28. The summed E-state index contributed by atoms with van der Waals surface area (Å²) < 4.78 is 13.6. The van der Waals surface area contributed by atoms with Crippen molar-refractivity contribution >= 4 is 11.0 Å². The zero-order valence-electron chi connectivity index (χ0n) is 10.8. The van der Waals surface area contributed by atoms with Crippen LogP contribution in [0.1, 0.15) is 33.5 Å². The molecule has 80 valence electrons. The van der Waals surface area contributed by atoms with Gasteiger partial charge in [0.2, 0.25) is 0 Å². The fourth-order valence-electron chi connectivity index (χ4n) is 1.88. The second kappa shape index (κ2) is 3.41. The van der Waals surface area contributed by atoms with Gasteiger partial charge in [0.25, 0.3) is 0 Å². The van der Waals surface area contributed by atoms with E-state index < -0.39 is 0 Å². The van der Waals surface area contributed by atoms with Gasteiger partial charge in [-0.3, -0.25) is 0 Å². The smallest absolute Gasteiger partial charge is 0.137 e. The molecule has 2 rings (SSSR count). The topological polar surface area (TPSA) is 13.1 Å². The molecule has 1 heteroatoms. The molecule has 0 aliphatic rings. The molecule has 0 radical (unpaired) electrons. The number of aryl methyl sites for hydroxylation is 1. The van der Waals surface area contributed by atoms with E-state index in [1.807, 2.05) is 19.1 Å². The van der Waals surface area contributed by atoms with Crippen LogP contribution in [-0.2, 0) is 6.42 Å². The van der Waals surface area contributed by atoms with Gasteiger partial charge in [-0.05, 0) is 30.4 Å². The van der Waals surface area contributed by atoms with Crippen molar-refractivity contribution in [1.29, 1.82) is 0 Å². The van der Waals surface area contributed by atoms with Gasteiger partial charge in [0.1, 0.15) is 11.3 Å². The third kappa shape index (κ3) is 2.23. The highest BCUT2D eigenvalue weighted by atomic mass is 16.3. The number of benzene rings is 1. The van der Waals surface area contributed by atoms with E-state index in [0.717, 1.165) is 17.4 Å². The Morgan fingerprint density at radius 3 is 2.73 bits per heavy atom. The van der Waals surface area contributed by atoms with Crippen molar-refractivity contribution in [2.24, 2.45) is 5.41 Å². The van der Waals surface area contributed by atoms with Gasteiger partial charge in [0, 0.05) is 5.39 Å². The van der Waals surface area contributed by atoms with Crippen LogP contribution in [0.5, 0.6) is 0 Å². The predicted octanol–water partition coefficient (Wildman–Crippen LogP) is 4.33. The number of hydrogen-bond donors (Lipinski definition) is 0. The van der Waals surface area contributed by atoms with Crippen LogP contribution < -0.4 is 0 Å². The number of rotatable bonds is 1. The Hall–Kier alpha value is -1.24. The molecule has 1 heterocycles. The number of para-hydroxylation sites is 1. The second-order valence-electron chi connectivity index (χ2n) is 5.31. The molecular weight excluding hydrogens is 184 g/mol. The van der Waals surface area contributed by atoms with Crippen molar-refractivity contribution < 1.29 is 5.79 Å². The Morgan fingerprint density at radius 1 is 1.33 bits per heavy atom. The lowest BCUT2D eigenvalue weighted by atomic mass is 9.88. The summed E-state index contributed by atoms with van der Waals surface area (Å²) in [7, 11) is 0. The van der Waals surface area contributed by atoms with Gasteiger partial charge in [-0.15, -0.1) is 0 Å². The summed E-state index contributed by atoms with van der Waals surface area (Å²) in [4.78, 5) is 0. The molecule has 0 saturated heterocycles. The summed E-state index contributed by atoms with van der Waals surface area (Å²) in [6, 6.07) is 6.58. The van der Waals surface area contributed by atoms with Crippen LogP contribution in [0, 0.1) is 12.3 Å². The normalized spacial score (nSPS) is 13.2. The summed E-state index contributed by atoms with van der Waals surface area (Å²) in [5.74, 6) is 0.705. The molecule has 0 N–H and O–H groups in total. The lowest BCUT2D eigenvalue weighted by molar-refractivity contribution is 0.409. The Labute approximate surface area is 92.5 Å². The molecule has 0 amide bonds. The van der Waals surface area contributed by atoms with Crippen LogP contribution in [0.25, 0.3) is 11.0 Å². The fourth-order valence-corrected chi connectivity index (χ4v) is 1.88. The zero-order valence-corrected chi connectivity index (χ0v) is 9.85. The molecule has 0 saturated carbocycles. The van der Waals surface area contributed by atoms with Crippen molar-refractivity contribution in [2.75, 3.05) is 0 Å². The van der Waals surface area contributed by atoms with E-state index in [1.54, 1.807) is 0 Å². The van der Waals surface area contributed by atoms with Gasteiger partial charge in [0.15, 0.2) is 0 Å². The average Bonchev–Trinajstić information content (AvgIpc) is 2.43. The highest BCUT2D eigenvalue weighted by molar-refractivity contribution is 5.81. The maximum absolute atomic E-state index is 7.90. The lowest BCUT2D eigenvalue weighted by Gasteiger charge is -2.17. The largest absolute Gasteiger partial charge is 0.461 e. The maximum atomic E-state index is 7.90. The van der Waals surface area contributed by atoms with Crippen molar-refractivity contribution in [2.45, 2.75) is 34.1 Å². The number of furan rings is 1. The standard InChI is InChI=1S/C14H18O/c1-10-8-11-6-5-7-12(13(11)15-10)9-14(2,3)4/h5-8H,9H2,1-4H3/i8D. The van der Waals surface area contributed by atoms with Crippen molar-refractivity contribution in [3.8, 4) is 0 Å². The molecule has 0 unspecified atom stereocenters. The third-order valence-electron chi connectivity index (χ3n) is 2.38. The van der Waals surface area contributed by atoms with Gasteiger partial charge in [-0.2, -0.15) is 0 Å². The second-order valence-corrected chi connectivity index (χ2v) is 5.31. The van der Waals surface area contributed by atoms with E-state index in [-0.39, 0.29) is 5.41 Å². The van der Waals surface area contributed by atoms with Gasteiger partial charge < -0.3 is 4.42 Å². The Bertz CT molecular complexity index is 517. The van der Waals surface area contributed by atoms with E-state index in [2.05, 4.69) is 26.8 Å². The van der Waals surface area contributed by atoms with E-state index in [1.165, 1.54) is 5.56 Å². The van der Waals surface area contributed by atoms with E-state index >= 15 is 0 Å². The molecule has 0 atom stereocenters. The quantitative estimate of drug-likeness (QED) is 0.672. The predicted molar refractivity (Wildman–Crippen MR) is 64.1 cm³/mol. The van der Waals surface area contributed by atoms with E-state index in [9.17, 15) is 0 Å². The van der Waals surface area contributed by atoms with Gasteiger partial charge in [-0.1, -0.05) is 39.0 Å². The van der Waals surface area contributed by atoms with E-state index in [0.29, 0.717) is 11.8 Å².